The number of halogens is 3. The third-order valence-corrected chi connectivity index (χ3v) is 4.83. The van der Waals surface area contributed by atoms with Crippen molar-refractivity contribution in [2.45, 2.75) is 17.5 Å². The minimum Gasteiger partial charge on any atom is -0.420 e. The van der Waals surface area contributed by atoms with Crippen LogP contribution < -0.4 is 0 Å². The molecule has 2 heterocycles. The largest absolute Gasteiger partial charge is 0.420 e. The maximum absolute atomic E-state index is 13.4. The molecule has 0 bridgehead atoms. The molecule has 2 aromatic carbocycles. The summed E-state index contributed by atoms with van der Waals surface area (Å²) in [6, 6.07) is 13.8. The molecule has 5 nitrogen and oxygen atoms in total. The number of para-hydroxylation sites is 2. The van der Waals surface area contributed by atoms with Crippen molar-refractivity contribution in [1.82, 2.24) is 19.7 Å². The van der Waals surface area contributed by atoms with E-state index in [-0.39, 0.29) is 10.9 Å². The highest BCUT2D eigenvalue weighted by Gasteiger charge is 2.19. The van der Waals surface area contributed by atoms with Crippen molar-refractivity contribution in [1.29, 1.82) is 0 Å². The van der Waals surface area contributed by atoms with Gasteiger partial charge in [-0.25, -0.2) is 4.98 Å². The van der Waals surface area contributed by atoms with Crippen molar-refractivity contribution in [3.05, 3.63) is 59.4 Å². The molecule has 0 amide bonds. The van der Waals surface area contributed by atoms with Crippen molar-refractivity contribution in [3.63, 3.8) is 0 Å². The van der Waals surface area contributed by atoms with Crippen LogP contribution in [0.1, 0.15) is 12.4 Å². The van der Waals surface area contributed by atoms with Gasteiger partial charge in [0.1, 0.15) is 0 Å². The first-order valence-electron chi connectivity index (χ1n) is 7.58. The number of benzene rings is 2. The Morgan fingerprint density at radius 2 is 1.85 bits per heavy atom. The van der Waals surface area contributed by atoms with Crippen LogP contribution in [-0.4, -0.2) is 19.7 Å². The van der Waals surface area contributed by atoms with E-state index in [0.717, 1.165) is 21.9 Å². The number of hydrogen-bond donors (Lipinski definition) is 0. The highest BCUT2D eigenvalue weighted by molar-refractivity contribution is 7.98. The molecule has 0 saturated carbocycles. The Bertz CT molecular complexity index is 1050. The molecular formula is C17H11ClF2N4OS. The number of imidazole rings is 1. The van der Waals surface area contributed by atoms with Gasteiger partial charge in [-0.2, -0.15) is 8.78 Å². The number of thioether (sulfide) groups is 1. The highest BCUT2D eigenvalue weighted by atomic mass is 35.5. The molecule has 0 fully saturated rings. The average Bonchev–Trinajstić information content (AvgIpc) is 3.24. The lowest BCUT2D eigenvalue weighted by atomic mass is 10.2. The zero-order valence-corrected chi connectivity index (χ0v) is 14.7. The Hall–Kier alpha value is -2.45. The summed E-state index contributed by atoms with van der Waals surface area (Å²) in [4.78, 5) is 4.27. The SMILES string of the molecule is FC(F)n1c(SCc2nnc(-c3ccc(Cl)cc3)o2)nc2ccccc21. The van der Waals surface area contributed by atoms with E-state index in [0.29, 0.717) is 27.8 Å². The molecule has 4 aromatic rings. The van der Waals surface area contributed by atoms with Crippen LogP contribution >= 0.6 is 23.4 Å². The summed E-state index contributed by atoms with van der Waals surface area (Å²) in [7, 11) is 0. The molecule has 0 aliphatic carbocycles. The van der Waals surface area contributed by atoms with Gasteiger partial charge in [0.05, 0.1) is 16.8 Å². The van der Waals surface area contributed by atoms with Gasteiger partial charge in [-0.05, 0) is 36.4 Å². The topological polar surface area (TPSA) is 56.7 Å². The Balaban J connectivity index is 1.55. The number of hydrogen-bond acceptors (Lipinski definition) is 5. The lowest BCUT2D eigenvalue weighted by Gasteiger charge is -2.05. The summed E-state index contributed by atoms with van der Waals surface area (Å²) >= 11 is 6.97. The van der Waals surface area contributed by atoms with Gasteiger partial charge in [0.2, 0.25) is 11.8 Å². The molecule has 0 spiro atoms. The molecule has 9 heteroatoms. The van der Waals surface area contributed by atoms with Crippen molar-refractivity contribution < 1.29 is 13.2 Å². The summed E-state index contributed by atoms with van der Waals surface area (Å²) in [6.07, 6.45) is 0. The highest BCUT2D eigenvalue weighted by Crippen LogP contribution is 2.31. The number of aromatic nitrogens is 4. The fraction of sp³-hybridized carbons (Fsp3) is 0.118. The first-order valence-corrected chi connectivity index (χ1v) is 8.94. The molecule has 4 rings (SSSR count). The van der Waals surface area contributed by atoms with Gasteiger partial charge in [-0.1, -0.05) is 35.5 Å². The fourth-order valence-electron chi connectivity index (χ4n) is 2.46. The first-order chi connectivity index (χ1) is 12.6. The molecule has 0 N–H and O–H groups in total. The third kappa shape index (κ3) is 3.30. The van der Waals surface area contributed by atoms with Crippen LogP contribution in [0.5, 0.6) is 0 Å². The van der Waals surface area contributed by atoms with Gasteiger partial charge < -0.3 is 4.42 Å². The van der Waals surface area contributed by atoms with Crippen LogP contribution in [0, 0.1) is 0 Å². The number of nitrogens with zero attached hydrogens (tertiary/aromatic N) is 4. The van der Waals surface area contributed by atoms with E-state index in [9.17, 15) is 8.78 Å². The van der Waals surface area contributed by atoms with Crippen molar-refractivity contribution in [3.8, 4) is 11.5 Å². The molecule has 2 aromatic heterocycles. The second-order valence-corrected chi connectivity index (χ2v) is 6.71. The minimum absolute atomic E-state index is 0.201. The fourth-order valence-corrected chi connectivity index (χ4v) is 3.44. The zero-order chi connectivity index (χ0) is 18.1. The zero-order valence-electron chi connectivity index (χ0n) is 13.1. The number of fused-ring (bicyclic) bond motifs is 1. The Morgan fingerprint density at radius 3 is 2.62 bits per heavy atom. The quantitative estimate of drug-likeness (QED) is 0.424. The van der Waals surface area contributed by atoms with E-state index in [2.05, 4.69) is 15.2 Å². The van der Waals surface area contributed by atoms with Gasteiger partial charge in [-0.3, -0.25) is 4.57 Å². The molecule has 0 radical (unpaired) electrons. The van der Waals surface area contributed by atoms with E-state index in [1.54, 1.807) is 48.5 Å². The minimum atomic E-state index is -2.68. The van der Waals surface area contributed by atoms with Crippen molar-refractivity contribution >= 4 is 34.4 Å². The van der Waals surface area contributed by atoms with Crippen LogP contribution in [0.15, 0.2) is 58.1 Å². The predicted octanol–water partition coefficient (Wildman–Crippen LogP) is 5.43. The second kappa shape index (κ2) is 7.05. The lowest BCUT2D eigenvalue weighted by Crippen LogP contribution is -2.00. The lowest BCUT2D eigenvalue weighted by molar-refractivity contribution is 0.0656. The normalized spacial score (nSPS) is 11.5. The summed E-state index contributed by atoms with van der Waals surface area (Å²) in [5.74, 6) is 0.906. The van der Waals surface area contributed by atoms with Crippen LogP contribution in [0.2, 0.25) is 5.02 Å². The van der Waals surface area contributed by atoms with E-state index in [1.807, 2.05) is 0 Å². The number of rotatable bonds is 5. The molecule has 132 valence electrons. The average molecular weight is 393 g/mol. The first kappa shape index (κ1) is 17.0. The molecule has 0 aliphatic heterocycles. The summed E-state index contributed by atoms with van der Waals surface area (Å²) < 4.78 is 33.3. The Morgan fingerprint density at radius 1 is 1.08 bits per heavy atom. The summed E-state index contributed by atoms with van der Waals surface area (Å²) in [5.41, 5.74) is 1.64. The van der Waals surface area contributed by atoms with Crippen LogP contribution in [0.25, 0.3) is 22.5 Å². The molecule has 0 aliphatic rings. The standard InChI is InChI=1S/C17H11ClF2N4OS/c18-11-7-5-10(6-8-11)15-23-22-14(25-15)9-26-17-21-12-3-1-2-4-13(12)24(17)16(19)20/h1-8,16H,9H2. The van der Waals surface area contributed by atoms with E-state index < -0.39 is 6.55 Å². The van der Waals surface area contributed by atoms with Crippen LogP contribution in [-0.2, 0) is 5.75 Å². The smallest absolute Gasteiger partial charge is 0.321 e. The van der Waals surface area contributed by atoms with Crippen LogP contribution in [0.4, 0.5) is 8.78 Å². The summed E-state index contributed by atoms with van der Waals surface area (Å²) in [6.45, 7) is -2.68. The van der Waals surface area contributed by atoms with Crippen molar-refractivity contribution in [2.24, 2.45) is 0 Å². The molecule has 0 saturated heterocycles. The number of alkyl halides is 2. The van der Waals surface area contributed by atoms with Gasteiger partial charge in [0.15, 0.2) is 5.16 Å². The van der Waals surface area contributed by atoms with Crippen molar-refractivity contribution in [2.75, 3.05) is 0 Å². The summed E-state index contributed by atoms with van der Waals surface area (Å²) in [5, 5.41) is 8.75. The molecular weight excluding hydrogens is 382 g/mol. The Kier molecular flexibility index (Phi) is 4.60. The molecule has 0 unspecified atom stereocenters. The Labute approximate surface area is 156 Å². The van der Waals surface area contributed by atoms with Crippen LogP contribution in [0.3, 0.4) is 0 Å². The van der Waals surface area contributed by atoms with E-state index in [1.165, 1.54) is 0 Å². The maximum Gasteiger partial charge on any atom is 0.321 e. The van der Waals surface area contributed by atoms with Gasteiger partial charge in [-0.15, -0.1) is 10.2 Å². The van der Waals surface area contributed by atoms with Gasteiger partial charge in [0.25, 0.3) is 0 Å². The predicted molar refractivity (Wildman–Crippen MR) is 95.3 cm³/mol. The third-order valence-electron chi connectivity index (χ3n) is 3.64. The second-order valence-electron chi connectivity index (χ2n) is 5.33. The molecule has 0 atom stereocenters. The molecule has 26 heavy (non-hydrogen) atoms. The van der Waals surface area contributed by atoms with Gasteiger partial charge in [0, 0.05) is 10.6 Å². The van der Waals surface area contributed by atoms with E-state index in [4.69, 9.17) is 16.0 Å². The monoisotopic (exact) mass is 392 g/mol. The van der Waals surface area contributed by atoms with Gasteiger partial charge >= 0.3 is 6.55 Å². The maximum atomic E-state index is 13.4. The van der Waals surface area contributed by atoms with E-state index >= 15 is 0 Å².